The topological polar surface area (TPSA) is 93.2 Å². The van der Waals surface area contributed by atoms with Gasteiger partial charge in [0.2, 0.25) is 5.91 Å². The second-order valence-electron chi connectivity index (χ2n) is 5.37. The number of nitrogens with one attached hydrogen (secondary N) is 2. The quantitative estimate of drug-likeness (QED) is 0.542. The minimum atomic E-state index is -0.237. The lowest BCUT2D eigenvalue weighted by Gasteiger charge is -2.10. The van der Waals surface area contributed by atoms with E-state index in [4.69, 9.17) is 16.3 Å². The first kappa shape index (κ1) is 20.1. The molecule has 0 aliphatic rings. The van der Waals surface area contributed by atoms with E-state index in [1.165, 1.54) is 30.2 Å². The highest BCUT2D eigenvalue weighted by molar-refractivity contribution is 7.99. The first-order valence-electron chi connectivity index (χ1n) is 8.00. The average Bonchev–Trinajstić information content (AvgIpc) is 3.23. The van der Waals surface area contributed by atoms with Crippen LogP contribution in [0.15, 0.2) is 52.9 Å². The summed E-state index contributed by atoms with van der Waals surface area (Å²) < 4.78 is 5.20. The number of halogens is 1. The van der Waals surface area contributed by atoms with Crippen molar-refractivity contribution in [2.24, 2.45) is 0 Å². The van der Waals surface area contributed by atoms with Crippen LogP contribution in [0.2, 0.25) is 5.02 Å². The first-order chi connectivity index (χ1) is 13.5. The Hall–Kier alpha value is -2.62. The minimum absolute atomic E-state index is 0.130. The number of hydrogen-bond donors (Lipinski definition) is 2. The number of thiophene rings is 1. The van der Waals surface area contributed by atoms with Gasteiger partial charge in [-0.1, -0.05) is 29.4 Å². The molecule has 0 bridgehead atoms. The van der Waals surface area contributed by atoms with E-state index >= 15 is 0 Å². The number of rotatable bonds is 7. The molecule has 0 atom stereocenters. The zero-order valence-corrected chi connectivity index (χ0v) is 17.0. The second kappa shape index (κ2) is 9.54. The highest BCUT2D eigenvalue weighted by Crippen LogP contribution is 2.28. The highest BCUT2D eigenvalue weighted by atomic mass is 35.5. The molecule has 0 saturated heterocycles. The number of thioether (sulfide) groups is 1. The van der Waals surface area contributed by atoms with E-state index in [-0.39, 0.29) is 17.6 Å². The van der Waals surface area contributed by atoms with Gasteiger partial charge >= 0.3 is 0 Å². The lowest BCUT2D eigenvalue weighted by Crippen LogP contribution is -2.15. The van der Waals surface area contributed by atoms with Crippen molar-refractivity contribution in [3.63, 3.8) is 0 Å². The minimum Gasteiger partial charge on any atom is -0.495 e. The largest absolute Gasteiger partial charge is 0.495 e. The molecule has 0 unspecified atom stereocenters. The molecule has 10 heteroatoms. The molecule has 144 valence electrons. The summed E-state index contributed by atoms with van der Waals surface area (Å²) in [6.07, 6.45) is 0. The normalized spacial score (nSPS) is 10.4. The number of aromatic nitrogens is 2. The maximum atomic E-state index is 12.2. The van der Waals surface area contributed by atoms with Gasteiger partial charge in [0, 0.05) is 5.02 Å². The number of hydrogen-bond acceptors (Lipinski definition) is 7. The molecule has 0 spiro atoms. The van der Waals surface area contributed by atoms with Gasteiger partial charge in [0.05, 0.1) is 23.4 Å². The monoisotopic (exact) mass is 434 g/mol. The molecule has 2 heterocycles. The number of benzene rings is 1. The van der Waals surface area contributed by atoms with Crippen LogP contribution in [0.25, 0.3) is 0 Å². The second-order valence-corrected chi connectivity index (χ2v) is 7.75. The molecule has 28 heavy (non-hydrogen) atoms. The van der Waals surface area contributed by atoms with Crippen LogP contribution in [0.4, 0.5) is 11.5 Å². The van der Waals surface area contributed by atoms with Gasteiger partial charge in [0.15, 0.2) is 5.82 Å². The van der Waals surface area contributed by atoms with Crippen LogP contribution >= 0.6 is 34.7 Å². The molecule has 2 N–H and O–H groups in total. The third-order valence-electron chi connectivity index (χ3n) is 3.41. The van der Waals surface area contributed by atoms with E-state index in [0.29, 0.717) is 32.2 Å². The molecular formula is C18H15ClN4O3S2. The summed E-state index contributed by atoms with van der Waals surface area (Å²) in [4.78, 5) is 24.7. The van der Waals surface area contributed by atoms with Gasteiger partial charge in [-0.25, -0.2) is 0 Å². The predicted octanol–water partition coefficient (Wildman–Crippen LogP) is 4.18. The molecule has 1 aromatic carbocycles. The summed E-state index contributed by atoms with van der Waals surface area (Å²) in [6.45, 7) is 0. The van der Waals surface area contributed by atoms with E-state index in [1.54, 1.807) is 42.5 Å². The van der Waals surface area contributed by atoms with Crippen molar-refractivity contribution >= 4 is 58.0 Å². The fourth-order valence-corrected chi connectivity index (χ4v) is 3.56. The Kier molecular flexibility index (Phi) is 6.85. The zero-order valence-electron chi connectivity index (χ0n) is 14.6. The van der Waals surface area contributed by atoms with E-state index < -0.39 is 0 Å². The van der Waals surface area contributed by atoms with Gasteiger partial charge < -0.3 is 15.4 Å². The molecule has 2 amide bonds. The maximum absolute atomic E-state index is 12.2. The Bertz CT molecular complexity index is 965. The van der Waals surface area contributed by atoms with Gasteiger partial charge in [0.1, 0.15) is 10.8 Å². The lowest BCUT2D eigenvalue weighted by molar-refractivity contribution is -0.113. The third-order valence-corrected chi connectivity index (χ3v) is 5.44. The van der Waals surface area contributed by atoms with Crippen molar-refractivity contribution < 1.29 is 14.3 Å². The number of ether oxygens (including phenoxy) is 1. The smallest absolute Gasteiger partial charge is 0.266 e. The molecule has 0 fully saturated rings. The molecule has 3 aromatic rings. The summed E-state index contributed by atoms with van der Waals surface area (Å²) >= 11 is 8.52. The van der Waals surface area contributed by atoms with Gasteiger partial charge in [0.25, 0.3) is 5.91 Å². The van der Waals surface area contributed by atoms with Gasteiger partial charge in [-0.15, -0.1) is 21.5 Å². The van der Waals surface area contributed by atoms with Crippen LogP contribution < -0.4 is 15.4 Å². The summed E-state index contributed by atoms with van der Waals surface area (Å²) in [5, 5.41) is 16.3. The molecule has 3 rings (SSSR count). The average molecular weight is 435 g/mol. The Morgan fingerprint density at radius 3 is 2.71 bits per heavy atom. The standard InChI is InChI=1S/C18H15ClN4O3S2/c1-26-13-5-4-11(19)9-12(13)20-16(24)10-28-17-7-6-15(22-23-17)21-18(25)14-3-2-8-27-14/h2-9H,10H2,1H3,(H,20,24)(H,21,22,25). The van der Waals surface area contributed by atoms with E-state index in [0.717, 1.165) is 0 Å². The van der Waals surface area contributed by atoms with Crippen molar-refractivity contribution in [2.75, 3.05) is 23.5 Å². The molecular weight excluding hydrogens is 420 g/mol. The number of amides is 2. The summed E-state index contributed by atoms with van der Waals surface area (Å²) in [5.74, 6) is 0.525. The number of nitrogens with zero attached hydrogens (tertiary/aromatic N) is 2. The zero-order chi connectivity index (χ0) is 19.9. The number of anilines is 2. The van der Waals surface area contributed by atoms with Gasteiger partial charge in [-0.2, -0.15) is 0 Å². The Morgan fingerprint density at radius 2 is 2.04 bits per heavy atom. The van der Waals surface area contributed by atoms with Crippen LogP contribution in [-0.2, 0) is 4.79 Å². The Balaban J connectivity index is 1.52. The fourth-order valence-electron chi connectivity index (χ4n) is 2.15. The lowest BCUT2D eigenvalue weighted by atomic mass is 10.3. The summed E-state index contributed by atoms with van der Waals surface area (Å²) in [7, 11) is 1.52. The fraction of sp³-hybridized carbons (Fsp3) is 0.111. The first-order valence-corrected chi connectivity index (χ1v) is 10.2. The van der Waals surface area contributed by atoms with E-state index in [9.17, 15) is 9.59 Å². The van der Waals surface area contributed by atoms with Crippen molar-refractivity contribution in [2.45, 2.75) is 5.03 Å². The van der Waals surface area contributed by atoms with Crippen LogP contribution in [0, 0.1) is 0 Å². The van der Waals surface area contributed by atoms with Gasteiger partial charge in [-0.05, 0) is 41.8 Å². The molecule has 0 aliphatic carbocycles. The highest BCUT2D eigenvalue weighted by Gasteiger charge is 2.11. The molecule has 0 saturated carbocycles. The van der Waals surface area contributed by atoms with Gasteiger partial charge in [-0.3, -0.25) is 9.59 Å². The Morgan fingerprint density at radius 1 is 1.18 bits per heavy atom. The molecule has 2 aromatic heterocycles. The maximum Gasteiger partial charge on any atom is 0.266 e. The van der Waals surface area contributed by atoms with Crippen molar-refractivity contribution in [1.29, 1.82) is 0 Å². The van der Waals surface area contributed by atoms with Crippen LogP contribution in [0.3, 0.4) is 0 Å². The van der Waals surface area contributed by atoms with Crippen molar-refractivity contribution in [3.05, 3.63) is 57.7 Å². The number of carbonyl (C=O) groups excluding carboxylic acids is 2. The van der Waals surface area contributed by atoms with Crippen LogP contribution in [0.1, 0.15) is 9.67 Å². The SMILES string of the molecule is COc1ccc(Cl)cc1NC(=O)CSc1ccc(NC(=O)c2cccs2)nn1. The molecule has 7 nitrogen and oxygen atoms in total. The number of carbonyl (C=O) groups is 2. The number of methoxy groups -OCH3 is 1. The van der Waals surface area contributed by atoms with Crippen LogP contribution in [-0.4, -0.2) is 34.9 Å². The van der Waals surface area contributed by atoms with Crippen molar-refractivity contribution in [3.8, 4) is 5.75 Å². The molecule has 0 aliphatic heterocycles. The predicted molar refractivity (Wildman–Crippen MR) is 112 cm³/mol. The van der Waals surface area contributed by atoms with Crippen molar-refractivity contribution in [1.82, 2.24) is 10.2 Å². The summed E-state index contributed by atoms with van der Waals surface area (Å²) in [6, 6.07) is 11.8. The van der Waals surface area contributed by atoms with Crippen LogP contribution in [0.5, 0.6) is 5.75 Å². The third kappa shape index (κ3) is 5.44. The summed E-state index contributed by atoms with van der Waals surface area (Å²) in [5.41, 5.74) is 0.498. The molecule has 0 radical (unpaired) electrons. The van der Waals surface area contributed by atoms with E-state index in [2.05, 4.69) is 20.8 Å². The van der Waals surface area contributed by atoms with E-state index in [1.807, 2.05) is 5.38 Å². The Labute approximate surface area is 174 Å².